The molecule has 0 amide bonds. The molecule has 1 aromatic rings. The van der Waals surface area contributed by atoms with E-state index in [2.05, 4.69) is 11.9 Å². The van der Waals surface area contributed by atoms with E-state index in [4.69, 9.17) is 4.74 Å². The van der Waals surface area contributed by atoms with Crippen molar-refractivity contribution in [3.8, 4) is 0 Å². The van der Waals surface area contributed by atoms with Crippen LogP contribution in [0.15, 0.2) is 30.9 Å². The molecule has 1 unspecified atom stereocenters. The Balaban J connectivity index is 3.04. The lowest BCUT2D eigenvalue weighted by atomic mass is 10.1. The van der Waals surface area contributed by atoms with E-state index in [0.717, 1.165) is 6.07 Å². The Kier molecular flexibility index (Phi) is 5.45. The van der Waals surface area contributed by atoms with Gasteiger partial charge >= 0.3 is 5.97 Å². The smallest absolute Gasteiger partial charge is 0.327 e. The zero-order valence-electron chi connectivity index (χ0n) is 10.1. The summed E-state index contributed by atoms with van der Waals surface area (Å²) in [6.45, 7) is 5.58. The summed E-state index contributed by atoms with van der Waals surface area (Å²) in [4.78, 5) is 11.7. The fourth-order valence-corrected chi connectivity index (χ4v) is 1.49. The molecule has 0 bridgehead atoms. The highest BCUT2D eigenvalue weighted by molar-refractivity contribution is 5.77. The third-order valence-corrected chi connectivity index (χ3v) is 2.28. The normalized spacial score (nSPS) is 11.9. The summed E-state index contributed by atoms with van der Waals surface area (Å²) in [6.07, 6.45) is 1.52. The third kappa shape index (κ3) is 3.37. The fraction of sp³-hybridized carbons (Fsp3) is 0.308. The molecule has 0 saturated heterocycles. The highest BCUT2D eigenvalue weighted by Gasteiger charge is 2.25. The third-order valence-electron chi connectivity index (χ3n) is 2.28. The zero-order valence-corrected chi connectivity index (χ0v) is 10.1. The first-order chi connectivity index (χ1) is 8.61. The lowest BCUT2D eigenvalue weighted by Crippen LogP contribution is -2.31. The minimum absolute atomic E-state index is 0.0738. The van der Waals surface area contributed by atoms with Crippen LogP contribution < -0.4 is 5.32 Å². The van der Waals surface area contributed by atoms with Crippen molar-refractivity contribution in [2.24, 2.45) is 0 Å². The maximum atomic E-state index is 13.6. The zero-order chi connectivity index (χ0) is 13.5. The Bertz CT molecular complexity index is 435. The molecule has 0 aliphatic carbocycles. The Morgan fingerprint density at radius 3 is 2.89 bits per heavy atom. The van der Waals surface area contributed by atoms with E-state index >= 15 is 0 Å². The standard InChI is InChI=1S/C13H15F2NO2/c1-3-8-16-12(13(17)18-4-2)9-6-5-7-10(14)11(9)15/h3,5-7,12,16H,1,4,8H2,2H3. The molecular weight excluding hydrogens is 240 g/mol. The molecule has 0 heterocycles. The van der Waals surface area contributed by atoms with Crippen LogP contribution in [0.1, 0.15) is 18.5 Å². The number of hydrogen-bond donors (Lipinski definition) is 1. The van der Waals surface area contributed by atoms with Crippen LogP contribution in [0.4, 0.5) is 8.78 Å². The highest BCUT2D eigenvalue weighted by atomic mass is 19.2. The van der Waals surface area contributed by atoms with Gasteiger partial charge in [0.15, 0.2) is 11.6 Å². The second-order valence-corrected chi connectivity index (χ2v) is 3.53. The molecule has 0 fully saturated rings. The maximum Gasteiger partial charge on any atom is 0.327 e. The van der Waals surface area contributed by atoms with Crippen LogP contribution in [0.3, 0.4) is 0 Å². The predicted molar refractivity (Wildman–Crippen MR) is 63.9 cm³/mol. The van der Waals surface area contributed by atoms with Crippen molar-refractivity contribution in [1.82, 2.24) is 5.32 Å². The SMILES string of the molecule is C=CCNC(C(=O)OCC)c1cccc(F)c1F. The molecule has 0 aliphatic heterocycles. The summed E-state index contributed by atoms with van der Waals surface area (Å²) >= 11 is 0. The first kappa shape index (κ1) is 14.3. The molecule has 1 N–H and O–H groups in total. The van der Waals surface area contributed by atoms with Crippen molar-refractivity contribution in [1.29, 1.82) is 0 Å². The average Bonchev–Trinajstić information content (AvgIpc) is 2.35. The first-order valence-corrected chi connectivity index (χ1v) is 5.56. The van der Waals surface area contributed by atoms with Gasteiger partial charge in [0.25, 0.3) is 0 Å². The monoisotopic (exact) mass is 255 g/mol. The molecule has 5 heteroatoms. The molecule has 0 saturated carbocycles. The van der Waals surface area contributed by atoms with E-state index in [9.17, 15) is 13.6 Å². The fourth-order valence-electron chi connectivity index (χ4n) is 1.49. The van der Waals surface area contributed by atoms with Gasteiger partial charge in [0.1, 0.15) is 6.04 Å². The van der Waals surface area contributed by atoms with E-state index in [0.29, 0.717) is 0 Å². The predicted octanol–water partition coefficient (Wildman–Crippen LogP) is 2.34. The van der Waals surface area contributed by atoms with E-state index < -0.39 is 23.6 Å². The van der Waals surface area contributed by atoms with Crippen molar-refractivity contribution in [2.45, 2.75) is 13.0 Å². The summed E-state index contributed by atoms with van der Waals surface area (Å²) in [5.74, 6) is -2.70. The minimum Gasteiger partial charge on any atom is -0.465 e. The van der Waals surface area contributed by atoms with Gasteiger partial charge in [-0.1, -0.05) is 18.2 Å². The Labute approximate surface area is 104 Å². The van der Waals surface area contributed by atoms with Gasteiger partial charge in [-0.2, -0.15) is 0 Å². The molecule has 18 heavy (non-hydrogen) atoms. The molecular formula is C13H15F2NO2. The summed E-state index contributed by atoms with van der Waals surface area (Å²) in [7, 11) is 0. The molecule has 0 aliphatic rings. The molecule has 1 rings (SSSR count). The minimum atomic E-state index is -1.05. The number of carbonyl (C=O) groups excluding carboxylic acids is 1. The summed E-state index contributed by atoms with van der Waals surface area (Å²) in [6, 6.07) is 2.64. The topological polar surface area (TPSA) is 38.3 Å². The van der Waals surface area contributed by atoms with Crippen LogP contribution in [0.2, 0.25) is 0 Å². The van der Waals surface area contributed by atoms with Gasteiger partial charge in [-0.05, 0) is 13.0 Å². The number of ether oxygens (including phenoxy) is 1. The Morgan fingerprint density at radius 1 is 1.56 bits per heavy atom. The van der Waals surface area contributed by atoms with Crippen LogP contribution in [0.25, 0.3) is 0 Å². The lowest BCUT2D eigenvalue weighted by Gasteiger charge is -2.17. The number of esters is 1. The van der Waals surface area contributed by atoms with Gasteiger partial charge in [-0.15, -0.1) is 6.58 Å². The van der Waals surface area contributed by atoms with Gasteiger partial charge in [-0.3, -0.25) is 5.32 Å². The van der Waals surface area contributed by atoms with Crippen molar-refractivity contribution in [3.05, 3.63) is 48.1 Å². The van der Waals surface area contributed by atoms with Crippen molar-refractivity contribution >= 4 is 5.97 Å². The van der Waals surface area contributed by atoms with E-state index in [-0.39, 0.29) is 18.7 Å². The maximum absolute atomic E-state index is 13.6. The van der Waals surface area contributed by atoms with Crippen molar-refractivity contribution in [2.75, 3.05) is 13.2 Å². The second kappa shape index (κ2) is 6.86. The highest BCUT2D eigenvalue weighted by Crippen LogP contribution is 2.20. The van der Waals surface area contributed by atoms with Gasteiger partial charge in [0.2, 0.25) is 0 Å². The quantitative estimate of drug-likeness (QED) is 0.626. The van der Waals surface area contributed by atoms with Crippen molar-refractivity contribution < 1.29 is 18.3 Å². The van der Waals surface area contributed by atoms with Gasteiger partial charge < -0.3 is 4.74 Å². The summed E-state index contributed by atoms with van der Waals surface area (Å²) in [5, 5.41) is 2.74. The van der Waals surface area contributed by atoms with Crippen LogP contribution >= 0.6 is 0 Å². The van der Waals surface area contributed by atoms with Gasteiger partial charge in [0, 0.05) is 12.1 Å². The molecule has 0 aromatic heterocycles. The summed E-state index contributed by atoms with van der Waals surface area (Å²) in [5.41, 5.74) is -0.0738. The number of nitrogens with one attached hydrogen (secondary N) is 1. The number of hydrogen-bond acceptors (Lipinski definition) is 3. The van der Waals surface area contributed by atoms with Crippen LogP contribution in [0.5, 0.6) is 0 Å². The molecule has 1 aromatic carbocycles. The lowest BCUT2D eigenvalue weighted by molar-refractivity contribution is -0.145. The van der Waals surface area contributed by atoms with E-state index in [1.54, 1.807) is 6.92 Å². The van der Waals surface area contributed by atoms with Crippen LogP contribution in [-0.2, 0) is 9.53 Å². The van der Waals surface area contributed by atoms with Gasteiger partial charge in [0.05, 0.1) is 6.61 Å². The molecule has 3 nitrogen and oxygen atoms in total. The van der Waals surface area contributed by atoms with E-state index in [1.807, 2.05) is 0 Å². The largest absolute Gasteiger partial charge is 0.465 e. The van der Waals surface area contributed by atoms with Crippen molar-refractivity contribution in [3.63, 3.8) is 0 Å². The van der Waals surface area contributed by atoms with Crippen LogP contribution in [-0.4, -0.2) is 19.1 Å². The first-order valence-electron chi connectivity index (χ1n) is 5.56. The summed E-state index contributed by atoms with van der Waals surface area (Å²) < 4.78 is 31.6. The number of carbonyl (C=O) groups is 1. The average molecular weight is 255 g/mol. The number of halogens is 2. The number of rotatable bonds is 6. The Morgan fingerprint density at radius 2 is 2.28 bits per heavy atom. The molecule has 1 atom stereocenters. The molecule has 98 valence electrons. The molecule has 0 radical (unpaired) electrons. The second-order valence-electron chi connectivity index (χ2n) is 3.53. The molecule has 0 spiro atoms. The van der Waals surface area contributed by atoms with Gasteiger partial charge in [-0.25, -0.2) is 13.6 Å². The van der Waals surface area contributed by atoms with E-state index in [1.165, 1.54) is 18.2 Å². The Hall–Kier alpha value is -1.75. The van der Waals surface area contributed by atoms with Crippen LogP contribution in [0, 0.1) is 11.6 Å². The number of benzene rings is 1.